The lowest BCUT2D eigenvalue weighted by Crippen LogP contribution is -2.25. The van der Waals surface area contributed by atoms with E-state index in [1.165, 1.54) is 28.6 Å². The molecule has 0 spiro atoms. The quantitative estimate of drug-likeness (QED) is 0.533. The zero-order valence-corrected chi connectivity index (χ0v) is 18.9. The Kier molecular flexibility index (Phi) is 18.8. The number of benzene rings is 1. The number of nitrogens with zero attached hydrogens (tertiary/aromatic N) is 1. The van der Waals surface area contributed by atoms with Crippen LogP contribution in [0.1, 0.15) is 78.5 Å². The van der Waals surface area contributed by atoms with Crippen molar-refractivity contribution in [1.82, 2.24) is 4.90 Å². The van der Waals surface area contributed by atoms with Gasteiger partial charge in [0, 0.05) is 11.0 Å². The van der Waals surface area contributed by atoms with E-state index in [2.05, 4.69) is 53.0 Å². The summed E-state index contributed by atoms with van der Waals surface area (Å²) >= 11 is 3.54. The molecule has 1 aromatic carbocycles. The fourth-order valence-electron chi connectivity index (χ4n) is 2.58. The molecule has 1 aromatic rings. The normalized spacial score (nSPS) is 15.0. The molecule has 1 unspecified atom stereocenters. The highest BCUT2D eigenvalue weighted by molar-refractivity contribution is 9.10. The third-order valence-corrected chi connectivity index (χ3v) is 4.01. The summed E-state index contributed by atoms with van der Waals surface area (Å²) in [5.41, 5.74) is 2.83. The molecule has 0 saturated heterocycles. The molecule has 142 valence electrons. The lowest BCUT2D eigenvalue weighted by molar-refractivity contribution is 0.0309. The molecule has 1 atom stereocenters. The van der Waals surface area contributed by atoms with Crippen LogP contribution < -0.4 is 0 Å². The van der Waals surface area contributed by atoms with E-state index >= 15 is 0 Å². The standard InChI is InChI=1S/C15H22BrNO.3C2H6/c1-3-8-17(2)9-6-15-14-5-4-13(16)11-12(14)7-10-18-15;3*1-2/h4-5,11,15H,3,6-10H2,1-2H3;3*1-2H3. The summed E-state index contributed by atoms with van der Waals surface area (Å²) in [4.78, 5) is 2.39. The van der Waals surface area contributed by atoms with Gasteiger partial charge in [0.15, 0.2) is 0 Å². The molecular formula is C21H40BrNO. The van der Waals surface area contributed by atoms with E-state index in [0.29, 0.717) is 0 Å². The minimum Gasteiger partial charge on any atom is -0.373 e. The number of fused-ring (bicyclic) bond motifs is 1. The molecule has 0 amide bonds. The van der Waals surface area contributed by atoms with E-state index in [4.69, 9.17) is 4.74 Å². The second kappa shape index (κ2) is 17.4. The molecule has 0 N–H and O–H groups in total. The van der Waals surface area contributed by atoms with Crippen LogP contribution in [0.15, 0.2) is 22.7 Å². The molecule has 1 heterocycles. The van der Waals surface area contributed by atoms with Crippen molar-refractivity contribution >= 4 is 15.9 Å². The molecule has 3 heteroatoms. The van der Waals surface area contributed by atoms with Gasteiger partial charge in [-0.3, -0.25) is 0 Å². The zero-order valence-electron chi connectivity index (χ0n) is 17.3. The summed E-state index contributed by atoms with van der Waals surface area (Å²) in [7, 11) is 2.19. The van der Waals surface area contributed by atoms with Crippen LogP contribution in [0.4, 0.5) is 0 Å². The average molecular weight is 402 g/mol. The van der Waals surface area contributed by atoms with Gasteiger partial charge in [0.1, 0.15) is 0 Å². The monoisotopic (exact) mass is 401 g/mol. The Morgan fingerprint density at radius 2 is 1.71 bits per heavy atom. The van der Waals surface area contributed by atoms with Crippen molar-refractivity contribution in [2.45, 2.75) is 73.8 Å². The van der Waals surface area contributed by atoms with Crippen molar-refractivity contribution in [3.05, 3.63) is 33.8 Å². The van der Waals surface area contributed by atoms with E-state index in [1.54, 1.807) is 0 Å². The highest BCUT2D eigenvalue weighted by Crippen LogP contribution is 2.31. The van der Waals surface area contributed by atoms with Crippen LogP contribution in [0.5, 0.6) is 0 Å². The summed E-state index contributed by atoms with van der Waals surface area (Å²) in [6.45, 7) is 17.3. The smallest absolute Gasteiger partial charge is 0.0839 e. The van der Waals surface area contributed by atoms with E-state index < -0.39 is 0 Å². The Morgan fingerprint density at radius 1 is 1.08 bits per heavy atom. The first kappa shape index (κ1) is 25.9. The number of hydrogen-bond donors (Lipinski definition) is 0. The first-order valence-corrected chi connectivity index (χ1v) is 10.6. The summed E-state index contributed by atoms with van der Waals surface area (Å²) in [5.74, 6) is 0. The summed E-state index contributed by atoms with van der Waals surface area (Å²) in [5, 5.41) is 0. The van der Waals surface area contributed by atoms with Crippen molar-refractivity contribution in [2.75, 3.05) is 26.7 Å². The maximum atomic E-state index is 5.93. The Morgan fingerprint density at radius 3 is 2.29 bits per heavy atom. The number of rotatable bonds is 5. The molecule has 2 rings (SSSR count). The van der Waals surface area contributed by atoms with Gasteiger partial charge < -0.3 is 9.64 Å². The van der Waals surface area contributed by atoms with Gasteiger partial charge in [-0.05, 0) is 56.1 Å². The summed E-state index contributed by atoms with van der Waals surface area (Å²) in [6.07, 6.45) is 3.62. The molecule has 1 aliphatic heterocycles. The first-order chi connectivity index (χ1) is 11.7. The van der Waals surface area contributed by atoms with Crippen LogP contribution in [0.3, 0.4) is 0 Å². The molecule has 0 aromatic heterocycles. The van der Waals surface area contributed by atoms with Crippen LogP contribution in [-0.2, 0) is 11.2 Å². The van der Waals surface area contributed by atoms with Crippen molar-refractivity contribution in [3.8, 4) is 0 Å². The van der Waals surface area contributed by atoms with Crippen molar-refractivity contribution in [1.29, 1.82) is 0 Å². The second-order valence-corrected chi connectivity index (χ2v) is 5.96. The number of halogens is 1. The molecule has 0 saturated carbocycles. The van der Waals surface area contributed by atoms with Gasteiger partial charge in [-0.25, -0.2) is 0 Å². The second-order valence-electron chi connectivity index (χ2n) is 5.04. The topological polar surface area (TPSA) is 12.5 Å². The predicted octanol–water partition coefficient (Wildman–Crippen LogP) is 6.87. The minimum absolute atomic E-state index is 0.279. The Balaban J connectivity index is 0. The molecule has 0 bridgehead atoms. The Bertz CT molecular complexity index is 395. The van der Waals surface area contributed by atoms with E-state index in [1.807, 2.05) is 41.5 Å². The molecule has 0 radical (unpaired) electrons. The maximum Gasteiger partial charge on any atom is 0.0839 e. The molecule has 2 nitrogen and oxygen atoms in total. The Labute approximate surface area is 160 Å². The lowest BCUT2D eigenvalue weighted by atomic mass is 9.96. The average Bonchev–Trinajstić information content (AvgIpc) is 2.65. The molecule has 0 fully saturated rings. The predicted molar refractivity (Wildman–Crippen MR) is 113 cm³/mol. The molecular weight excluding hydrogens is 362 g/mol. The van der Waals surface area contributed by atoms with Crippen molar-refractivity contribution in [2.24, 2.45) is 0 Å². The van der Waals surface area contributed by atoms with E-state index in [0.717, 1.165) is 26.0 Å². The van der Waals surface area contributed by atoms with Gasteiger partial charge in [0.2, 0.25) is 0 Å². The third kappa shape index (κ3) is 9.80. The van der Waals surface area contributed by atoms with Gasteiger partial charge in [-0.2, -0.15) is 0 Å². The molecule has 0 aliphatic carbocycles. The largest absolute Gasteiger partial charge is 0.373 e. The van der Waals surface area contributed by atoms with Crippen LogP contribution >= 0.6 is 15.9 Å². The lowest BCUT2D eigenvalue weighted by Gasteiger charge is -2.28. The van der Waals surface area contributed by atoms with Gasteiger partial charge in [0.25, 0.3) is 0 Å². The molecule has 1 aliphatic rings. The Hall–Kier alpha value is -0.380. The fraction of sp³-hybridized carbons (Fsp3) is 0.714. The third-order valence-electron chi connectivity index (χ3n) is 3.52. The van der Waals surface area contributed by atoms with Crippen molar-refractivity contribution < 1.29 is 4.74 Å². The van der Waals surface area contributed by atoms with Crippen molar-refractivity contribution in [3.63, 3.8) is 0 Å². The molecule has 24 heavy (non-hydrogen) atoms. The van der Waals surface area contributed by atoms with Gasteiger partial charge in [-0.1, -0.05) is 70.5 Å². The number of ether oxygens (including phenoxy) is 1. The minimum atomic E-state index is 0.279. The summed E-state index contributed by atoms with van der Waals surface area (Å²) < 4.78 is 7.10. The highest BCUT2D eigenvalue weighted by atomic mass is 79.9. The van der Waals surface area contributed by atoms with Crippen LogP contribution in [-0.4, -0.2) is 31.6 Å². The van der Waals surface area contributed by atoms with Gasteiger partial charge in [0.05, 0.1) is 12.7 Å². The maximum absolute atomic E-state index is 5.93. The highest BCUT2D eigenvalue weighted by Gasteiger charge is 2.20. The van der Waals surface area contributed by atoms with E-state index in [9.17, 15) is 0 Å². The zero-order chi connectivity index (χ0) is 19.0. The van der Waals surface area contributed by atoms with Crippen LogP contribution in [0, 0.1) is 0 Å². The van der Waals surface area contributed by atoms with Gasteiger partial charge >= 0.3 is 0 Å². The fourth-order valence-corrected chi connectivity index (χ4v) is 2.98. The first-order valence-electron chi connectivity index (χ1n) is 9.79. The summed E-state index contributed by atoms with van der Waals surface area (Å²) in [6, 6.07) is 6.57. The SMILES string of the molecule is CC.CC.CC.CCCN(C)CCC1OCCc2cc(Br)ccc21. The van der Waals surface area contributed by atoms with Crippen LogP contribution in [0.25, 0.3) is 0 Å². The van der Waals surface area contributed by atoms with Gasteiger partial charge in [-0.15, -0.1) is 0 Å². The number of hydrogen-bond acceptors (Lipinski definition) is 2. The van der Waals surface area contributed by atoms with E-state index in [-0.39, 0.29) is 6.10 Å². The van der Waals surface area contributed by atoms with Crippen LogP contribution in [0.2, 0.25) is 0 Å².